The summed E-state index contributed by atoms with van der Waals surface area (Å²) in [5.41, 5.74) is 12.9. The molecular formula is C15H21ClN2O. The minimum Gasteiger partial charge on any atom is -0.494 e. The molecule has 0 spiro atoms. The molecule has 0 aliphatic heterocycles. The third kappa shape index (κ3) is 3.38. The van der Waals surface area contributed by atoms with Crippen LogP contribution in [0.2, 0.25) is 0 Å². The topological polar surface area (TPSA) is 61.3 Å². The van der Waals surface area contributed by atoms with E-state index in [9.17, 15) is 0 Å². The summed E-state index contributed by atoms with van der Waals surface area (Å²) >= 11 is 0. The van der Waals surface area contributed by atoms with E-state index in [2.05, 4.69) is 18.2 Å². The maximum absolute atomic E-state index is 6.24. The standard InChI is InChI=1S/C15H20N2O.ClH/c1-2-18-14-8-7-11-5-3-4-6-12(11)15(14)13(17)9-10-16;/h3-8,13H,2,9-10,16-17H2,1H3;1H/t13-;/m0./s1. The molecule has 0 aliphatic carbocycles. The molecule has 0 saturated carbocycles. The van der Waals surface area contributed by atoms with Crippen molar-refractivity contribution in [2.45, 2.75) is 19.4 Å². The van der Waals surface area contributed by atoms with Crippen LogP contribution < -0.4 is 16.2 Å². The van der Waals surface area contributed by atoms with Crippen LogP contribution >= 0.6 is 12.4 Å². The Hall–Kier alpha value is -1.29. The molecule has 0 fully saturated rings. The van der Waals surface area contributed by atoms with Crippen LogP contribution in [-0.2, 0) is 0 Å². The first-order chi connectivity index (χ1) is 8.77. The van der Waals surface area contributed by atoms with Crippen LogP contribution in [0, 0.1) is 0 Å². The first-order valence-corrected chi connectivity index (χ1v) is 6.38. The third-order valence-corrected chi connectivity index (χ3v) is 3.08. The lowest BCUT2D eigenvalue weighted by Gasteiger charge is -2.18. The summed E-state index contributed by atoms with van der Waals surface area (Å²) in [6, 6.07) is 12.2. The molecule has 0 radical (unpaired) electrons. The molecule has 3 nitrogen and oxygen atoms in total. The Morgan fingerprint density at radius 2 is 1.89 bits per heavy atom. The molecule has 0 unspecified atom stereocenters. The Kier molecular flexibility index (Phi) is 6.09. The lowest BCUT2D eigenvalue weighted by Crippen LogP contribution is -2.17. The smallest absolute Gasteiger partial charge is 0.124 e. The van der Waals surface area contributed by atoms with Gasteiger partial charge < -0.3 is 16.2 Å². The zero-order valence-electron chi connectivity index (χ0n) is 11.1. The largest absolute Gasteiger partial charge is 0.494 e. The van der Waals surface area contributed by atoms with Crippen molar-refractivity contribution in [1.29, 1.82) is 0 Å². The first kappa shape index (κ1) is 15.8. The highest BCUT2D eigenvalue weighted by molar-refractivity contribution is 5.88. The Morgan fingerprint density at radius 3 is 2.58 bits per heavy atom. The Morgan fingerprint density at radius 1 is 1.16 bits per heavy atom. The van der Waals surface area contributed by atoms with Gasteiger partial charge in [0.1, 0.15) is 5.75 Å². The second kappa shape index (κ2) is 7.34. The summed E-state index contributed by atoms with van der Waals surface area (Å²) in [5, 5.41) is 2.34. The predicted molar refractivity (Wildman–Crippen MR) is 83.0 cm³/mol. The fraction of sp³-hybridized carbons (Fsp3) is 0.333. The van der Waals surface area contributed by atoms with Crippen LogP contribution in [0.5, 0.6) is 5.75 Å². The molecule has 104 valence electrons. The second-order valence-corrected chi connectivity index (χ2v) is 4.32. The number of hydrogen-bond acceptors (Lipinski definition) is 3. The zero-order chi connectivity index (χ0) is 13.0. The summed E-state index contributed by atoms with van der Waals surface area (Å²) in [7, 11) is 0. The molecule has 0 bridgehead atoms. The van der Waals surface area contributed by atoms with Gasteiger partial charge in [0.05, 0.1) is 6.61 Å². The molecule has 2 aromatic carbocycles. The van der Waals surface area contributed by atoms with Gasteiger partial charge in [-0.25, -0.2) is 0 Å². The number of nitrogens with two attached hydrogens (primary N) is 2. The van der Waals surface area contributed by atoms with Crippen LogP contribution in [0.15, 0.2) is 36.4 Å². The van der Waals surface area contributed by atoms with E-state index in [0.717, 1.165) is 23.1 Å². The normalized spacial score (nSPS) is 11.9. The average molecular weight is 281 g/mol. The minimum atomic E-state index is -0.0809. The van der Waals surface area contributed by atoms with Crippen molar-refractivity contribution in [3.05, 3.63) is 42.0 Å². The van der Waals surface area contributed by atoms with Gasteiger partial charge in [-0.2, -0.15) is 0 Å². The average Bonchev–Trinajstić information content (AvgIpc) is 2.39. The van der Waals surface area contributed by atoms with E-state index >= 15 is 0 Å². The molecule has 19 heavy (non-hydrogen) atoms. The van der Waals surface area contributed by atoms with Crippen LogP contribution in [0.1, 0.15) is 24.9 Å². The van der Waals surface area contributed by atoms with E-state index < -0.39 is 0 Å². The van der Waals surface area contributed by atoms with Gasteiger partial charge in [0, 0.05) is 11.6 Å². The van der Waals surface area contributed by atoms with Crippen molar-refractivity contribution >= 4 is 23.2 Å². The van der Waals surface area contributed by atoms with Crippen molar-refractivity contribution < 1.29 is 4.74 Å². The van der Waals surface area contributed by atoms with E-state index in [1.807, 2.05) is 25.1 Å². The van der Waals surface area contributed by atoms with Crippen molar-refractivity contribution in [1.82, 2.24) is 0 Å². The molecule has 4 heteroatoms. The molecule has 1 atom stereocenters. The molecule has 2 aromatic rings. The van der Waals surface area contributed by atoms with Gasteiger partial charge in [-0.05, 0) is 36.7 Å². The van der Waals surface area contributed by atoms with Gasteiger partial charge >= 0.3 is 0 Å². The summed E-state index contributed by atoms with van der Waals surface area (Å²) in [5.74, 6) is 0.872. The van der Waals surface area contributed by atoms with E-state index in [0.29, 0.717) is 13.2 Å². The molecule has 2 rings (SSSR count). The van der Waals surface area contributed by atoms with Crippen molar-refractivity contribution in [2.24, 2.45) is 11.5 Å². The first-order valence-electron chi connectivity index (χ1n) is 6.38. The lowest BCUT2D eigenvalue weighted by molar-refractivity contribution is 0.334. The summed E-state index contributed by atoms with van der Waals surface area (Å²) in [4.78, 5) is 0. The molecule has 0 amide bonds. The summed E-state index contributed by atoms with van der Waals surface area (Å²) in [6.45, 7) is 3.20. The van der Waals surface area contributed by atoms with E-state index in [1.165, 1.54) is 5.39 Å². The van der Waals surface area contributed by atoms with Crippen LogP contribution in [-0.4, -0.2) is 13.2 Å². The van der Waals surface area contributed by atoms with Crippen LogP contribution in [0.25, 0.3) is 10.8 Å². The molecule has 4 N–H and O–H groups in total. The SMILES string of the molecule is CCOc1ccc2ccccc2c1[C@@H](N)CCN.Cl. The van der Waals surface area contributed by atoms with Gasteiger partial charge in [0.2, 0.25) is 0 Å². The van der Waals surface area contributed by atoms with Gasteiger partial charge in [0.15, 0.2) is 0 Å². The van der Waals surface area contributed by atoms with Crippen LogP contribution in [0.3, 0.4) is 0 Å². The van der Waals surface area contributed by atoms with E-state index in [1.54, 1.807) is 0 Å². The molecule has 0 heterocycles. The van der Waals surface area contributed by atoms with Crippen molar-refractivity contribution in [3.63, 3.8) is 0 Å². The highest BCUT2D eigenvalue weighted by Gasteiger charge is 2.15. The molecule has 0 aromatic heterocycles. The minimum absolute atomic E-state index is 0. The van der Waals surface area contributed by atoms with Crippen molar-refractivity contribution in [2.75, 3.05) is 13.2 Å². The van der Waals surface area contributed by atoms with E-state index in [-0.39, 0.29) is 18.4 Å². The van der Waals surface area contributed by atoms with E-state index in [4.69, 9.17) is 16.2 Å². The fourth-order valence-electron chi connectivity index (χ4n) is 2.26. The molecule has 0 aliphatic rings. The monoisotopic (exact) mass is 280 g/mol. The molecule has 0 saturated heterocycles. The molecular weight excluding hydrogens is 260 g/mol. The highest BCUT2D eigenvalue weighted by Crippen LogP contribution is 2.33. The number of halogens is 1. The number of hydrogen-bond donors (Lipinski definition) is 2. The second-order valence-electron chi connectivity index (χ2n) is 4.32. The Labute approximate surface area is 120 Å². The number of fused-ring (bicyclic) bond motifs is 1. The van der Waals surface area contributed by atoms with Gasteiger partial charge in [-0.1, -0.05) is 30.3 Å². The Bertz CT molecular complexity index is 531. The number of rotatable bonds is 5. The summed E-state index contributed by atoms with van der Waals surface area (Å²) in [6.07, 6.45) is 0.758. The number of benzene rings is 2. The maximum atomic E-state index is 6.24. The Balaban J connectivity index is 0.00000180. The number of ether oxygens (including phenoxy) is 1. The maximum Gasteiger partial charge on any atom is 0.124 e. The van der Waals surface area contributed by atoms with Crippen LogP contribution in [0.4, 0.5) is 0 Å². The van der Waals surface area contributed by atoms with Gasteiger partial charge in [-0.15, -0.1) is 12.4 Å². The van der Waals surface area contributed by atoms with Crippen molar-refractivity contribution in [3.8, 4) is 5.75 Å². The van der Waals surface area contributed by atoms with Gasteiger partial charge in [-0.3, -0.25) is 0 Å². The lowest BCUT2D eigenvalue weighted by atomic mass is 9.96. The zero-order valence-corrected chi connectivity index (χ0v) is 12.0. The fourth-order valence-corrected chi connectivity index (χ4v) is 2.26. The summed E-state index contributed by atoms with van der Waals surface area (Å²) < 4.78 is 5.69. The quantitative estimate of drug-likeness (QED) is 0.885. The third-order valence-electron chi connectivity index (χ3n) is 3.08. The van der Waals surface area contributed by atoms with Gasteiger partial charge in [0.25, 0.3) is 0 Å². The highest BCUT2D eigenvalue weighted by atomic mass is 35.5. The predicted octanol–water partition coefficient (Wildman–Crippen LogP) is 3.01.